The Morgan fingerprint density at radius 3 is 2.53 bits per heavy atom. The van der Waals surface area contributed by atoms with E-state index in [1.807, 2.05) is 0 Å². The summed E-state index contributed by atoms with van der Waals surface area (Å²) in [5.74, 6) is 1.39. The lowest BCUT2D eigenvalue weighted by atomic mass is 9.82. The zero-order chi connectivity index (χ0) is 10.7. The number of carbonyl (C=O) groups excluding carboxylic acids is 1. The second-order valence-corrected chi connectivity index (χ2v) is 4.87. The number of aliphatic hydroxyl groups excluding tert-OH is 1. The molecule has 0 aromatic rings. The van der Waals surface area contributed by atoms with E-state index >= 15 is 0 Å². The Kier molecular flexibility index (Phi) is 3.59. The largest absolute Gasteiger partial charge is 0.393 e. The molecule has 2 aliphatic carbocycles. The fourth-order valence-corrected chi connectivity index (χ4v) is 1.90. The molecule has 0 aromatic carbocycles. The van der Waals surface area contributed by atoms with Crippen LogP contribution in [0.1, 0.15) is 25.7 Å². The van der Waals surface area contributed by atoms with E-state index in [4.69, 9.17) is 5.11 Å². The van der Waals surface area contributed by atoms with Gasteiger partial charge < -0.3 is 15.7 Å². The first-order chi connectivity index (χ1) is 7.24. The Morgan fingerprint density at radius 1 is 1.20 bits per heavy atom. The van der Waals surface area contributed by atoms with Crippen LogP contribution in [0.2, 0.25) is 0 Å². The average molecular weight is 212 g/mol. The minimum Gasteiger partial charge on any atom is -0.393 e. The Labute approximate surface area is 90.4 Å². The number of rotatable bonds is 6. The maximum absolute atomic E-state index is 11.3. The topological polar surface area (TPSA) is 61.4 Å². The van der Waals surface area contributed by atoms with E-state index in [1.165, 1.54) is 12.8 Å². The number of hydrogen-bond donors (Lipinski definition) is 3. The van der Waals surface area contributed by atoms with Crippen molar-refractivity contribution in [2.75, 3.05) is 19.6 Å². The molecule has 0 saturated heterocycles. The van der Waals surface area contributed by atoms with Crippen molar-refractivity contribution < 1.29 is 9.90 Å². The van der Waals surface area contributed by atoms with Crippen molar-refractivity contribution in [3.63, 3.8) is 0 Å². The van der Waals surface area contributed by atoms with Gasteiger partial charge in [0.15, 0.2) is 0 Å². The Morgan fingerprint density at radius 2 is 1.93 bits per heavy atom. The third kappa shape index (κ3) is 3.80. The molecule has 4 heteroatoms. The summed E-state index contributed by atoms with van der Waals surface area (Å²) in [5.41, 5.74) is 0. The summed E-state index contributed by atoms with van der Waals surface area (Å²) < 4.78 is 0. The van der Waals surface area contributed by atoms with Gasteiger partial charge >= 0.3 is 0 Å². The summed E-state index contributed by atoms with van der Waals surface area (Å²) in [5, 5.41) is 15.1. The number of nitrogens with one attached hydrogen (secondary N) is 2. The highest BCUT2D eigenvalue weighted by molar-refractivity contribution is 5.77. The standard InChI is InChI=1S/C11H20N2O2/c14-10-3-9(4-10)6-13-11(15)7-12-5-8-1-2-8/h8-10,12,14H,1-7H2,(H,13,15). The summed E-state index contributed by atoms with van der Waals surface area (Å²) in [7, 11) is 0. The predicted molar refractivity (Wildman–Crippen MR) is 57.3 cm³/mol. The van der Waals surface area contributed by atoms with Crippen LogP contribution in [-0.4, -0.2) is 36.8 Å². The first-order valence-corrected chi connectivity index (χ1v) is 5.89. The summed E-state index contributed by atoms with van der Waals surface area (Å²) in [4.78, 5) is 11.3. The Bertz CT molecular complexity index is 223. The van der Waals surface area contributed by atoms with Gasteiger partial charge in [-0.3, -0.25) is 4.79 Å². The molecule has 15 heavy (non-hydrogen) atoms. The van der Waals surface area contributed by atoms with Crippen LogP contribution in [0, 0.1) is 11.8 Å². The fraction of sp³-hybridized carbons (Fsp3) is 0.909. The highest BCUT2D eigenvalue weighted by Gasteiger charge is 2.27. The molecular formula is C11H20N2O2. The van der Waals surface area contributed by atoms with Crippen molar-refractivity contribution >= 4 is 5.91 Å². The molecule has 0 bridgehead atoms. The molecule has 2 saturated carbocycles. The molecular weight excluding hydrogens is 192 g/mol. The summed E-state index contributed by atoms with van der Waals surface area (Å²) >= 11 is 0. The van der Waals surface area contributed by atoms with Crippen molar-refractivity contribution in [1.82, 2.24) is 10.6 Å². The van der Waals surface area contributed by atoms with E-state index in [0.717, 1.165) is 31.8 Å². The van der Waals surface area contributed by atoms with Gasteiger partial charge in [-0.15, -0.1) is 0 Å². The molecule has 0 aliphatic heterocycles. The number of hydrogen-bond acceptors (Lipinski definition) is 3. The smallest absolute Gasteiger partial charge is 0.233 e. The van der Waals surface area contributed by atoms with Crippen LogP contribution in [-0.2, 0) is 4.79 Å². The molecule has 0 heterocycles. The first kappa shape index (κ1) is 10.9. The normalized spacial score (nSPS) is 29.7. The van der Waals surface area contributed by atoms with Crippen LogP contribution in [0.25, 0.3) is 0 Å². The number of aliphatic hydroxyl groups is 1. The molecule has 86 valence electrons. The van der Waals surface area contributed by atoms with Crippen LogP contribution in [0.4, 0.5) is 0 Å². The summed E-state index contributed by atoms with van der Waals surface area (Å²) in [6.07, 6.45) is 4.19. The van der Waals surface area contributed by atoms with Gasteiger partial charge in [0.25, 0.3) is 0 Å². The van der Waals surface area contributed by atoms with Crippen molar-refractivity contribution in [1.29, 1.82) is 0 Å². The highest BCUT2D eigenvalue weighted by Crippen LogP contribution is 2.27. The lowest BCUT2D eigenvalue weighted by molar-refractivity contribution is -0.120. The molecule has 4 nitrogen and oxygen atoms in total. The Hall–Kier alpha value is -0.610. The van der Waals surface area contributed by atoms with Gasteiger partial charge in [-0.05, 0) is 44.1 Å². The quantitative estimate of drug-likeness (QED) is 0.575. The molecule has 0 unspecified atom stereocenters. The molecule has 0 spiro atoms. The monoisotopic (exact) mass is 212 g/mol. The fourth-order valence-electron chi connectivity index (χ4n) is 1.90. The Balaban J connectivity index is 1.45. The third-order valence-corrected chi connectivity index (χ3v) is 3.21. The van der Waals surface area contributed by atoms with E-state index in [1.54, 1.807) is 0 Å². The minimum atomic E-state index is -0.125. The van der Waals surface area contributed by atoms with Crippen LogP contribution in [0.3, 0.4) is 0 Å². The van der Waals surface area contributed by atoms with Gasteiger partial charge in [0.1, 0.15) is 0 Å². The zero-order valence-electron chi connectivity index (χ0n) is 9.04. The molecule has 2 aliphatic rings. The van der Waals surface area contributed by atoms with Crippen molar-refractivity contribution in [2.45, 2.75) is 31.8 Å². The number of carbonyl (C=O) groups is 1. The molecule has 0 radical (unpaired) electrons. The molecule has 1 amide bonds. The van der Waals surface area contributed by atoms with Crippen LogP contribution < -0.4 is 10.6 Å². The summed E-state index contributed by atoms with van der Waals surface area (Å²) in [6.45, 7) is 2.14. The van der Waals surface area contributed by atoms with Crippen molar-refractivity contribution in [3.8, 4) is 0 Å². The number of amides is 1. The molecule has 0 atom stereocenters. The molecule has 2 rings (SSSR count). The van der Waals surface area contributed by atoms with Gasteiger partial charge in [-0.2, -0.15) is 0 Å². The van der Waals surface area contributed by atoms with E-state index in [9.17, 15) is 4.79 Å². The van der Waals surface area contributed by atoms with Gasteiger partial charge in [0.2, 0.25) is 5.91 Å². The average Bonchev–Trinajstić information content (AvgIpc) is 2.94. The minimum absolute atomic E-state index is 0.0806. The second-order valence-electron chi connectivity index (χ2n) is 4.87. The predicted octanol–water partition coefficient (Wildman–Crippen LogP) is -0.127. The van der Waals surface area contributed by atoms with Gasteiger partial charge in [-0.1, -0.05) is 0 Å². The van der Waals surface area contributed by atoms with Crippen molar-refractivity contribution in [3.05, 3.63) is 0 Å². The van der Waals surface area contributed by atoms with Crippen LogP contribution in [0.5, 0.6) is 0 Å². The molecule has 3 N–H and O–H groups in total. The maximum atomic E-state index is 11.3. The van der Waals surface area contributed by atoms with Crippen LogP contribution in [0.15, 0.2) is 0 Å². The van der Waals surface area contributed by atoms with E-state index in [-0.39, 0.29) is 12.0 Å². The highest BCUT2D eigenvalue weighted by atomic mass is 16.3. The third-order valence-electron chi connectivity index (χ3n) is 3.21. The van der Waals surface area contributed by atoms with E-state index < -0.39 is 0 Å². The van der Waals surface area contributed by atoms with Crippen molar-refractivity contribution in [2.24, 2.45) is 11.8 Å². The lowest BCUT2D eigenvalue weighted by Gasteiger charge is -2.31. The second kappa shape index (κ2) is 4.94. The molecule has 0 aromatic heterocycles. The molecule has 2 fully saturated rings. The van der Waals surface area contributed by atoms with E-state index in [2.05, 4.69) is 10.6 Å². The zero-order valence-corrected chi connectivity index (χ0v) is 9.04. The van der Waals surface area contributed by atoms with Gasteiger partial charge in [0, 0.05) is 6.54 Å². The summed E-state index contributed by atoms with van der Waals surface area (Å²) in [6, 6.07) is 0. The van der Waals surface area contributed by atoms with Gasteiger partial charge in [0.05, 0.1) is 12.6 Å². The lowest BCUT2D eigenvalue weighted by Crippen LogP contribution is -2.41. The van der Waals surface area contributed by atoms with Gasteiger partial charge in [-0.25, -0.2) is 0 Å². The van der Waals surface area contributed by atoms with E-state index in [0.29, 0.717) is 12.5 Å². The van der Waals surface area contributed by atoms with Crippen LogP contribution >= 0.6 is 0 Å². The first-order valence-electron chi connectivity index (χ1n) is 5.89. The SMILES string of the molecule is O=C(CNCC1CC1)NCC1CC(O)C1. The maximum Gasteiger partial charge on any atom is 0.233 e.